The molecular formula is C15H20FNO4. The zero-order valence-corrected chi connectivity index (χ0v) is 12.1. The number of nitrogens with one attached hydrogen (secondary N) is 1. The summed E-state index contributed by atoms with van der Waals surface area (Å²) in [6.45, 7) is 3.72. The van der Waals surface area contributed by atoms with E-state index in [4.69, 9.17) is 9.84 Å². The van der Waals surface area contributed by atoms with Crippen LogP contribution < -0.4 is 10.1 Å². The van der Waals surface area contributed by atoms with Crippen LogP contribution in [0.1, 0.15) is 26.7 Å². The Hall–Kier alpha value is -2.11. The molecule has 0 heterocycles. The quantitative estimate of drug-likeness (QED) is 0.721. The molecule has 1 amide bonds. The molecule has 0 spiro atoms. The molecule has 21 heavy (non-hydrogen) atoms. The first kappa shape index (κ1) is 16.9. The highest BCUT2D eigenvalue weighted by Crippen LogP contribution is 2.12. The Morgan fingerprint density at radius 2 is 2.10 bits per heavy atom. The first-order valence-corrected chi connectivity index (χ1v) is 6.80. The topological polar surface area (TPSA) is 75.6 Å². The molecule has 0 aliphatic rings. The number of benzene rings is 1. The van der Waals surface area contributed by atoms with Gasteiger partial charge in [-0.25, -0.2) is 9.18 Å². The third-order valence-electron chi connectivity index (χ3n) is 2.86. The summed E-state index contributed by atoms with van der Waals surface area (Å²) in [7, 11) is 0. The van der Waals surface area contributed by atoms with Gasteiger partial charge in [-0.3, -0.25) is 4.79 Å². The summed E-state index contributed by atoms with van der Waals surface area (Å²) in [6.07, 6.45) is 0.582. The van der Waals surface area contributed by atoms with Crippen molar-refractivity contribution in [2.75, 3.05) is 6.61 Å². The summed E-state index contributed by atoms with van der Waals surface area (Å²) >= 11 is 0. The van der Waals surface area contributed by atoms with Gasteiger partial charge in [0.15, 0.2) is 0 Å². The largest absolute Gasteiger partial charge is 0.493 e. The minimum atomic E-state index is -1.05. The molecule has 0 saturated carbocycles. The van der Waals surface area contributed by atoms with Gasteiger partial charge >= 0.3 is 5.97 Å². The third-order valence-corrected chi connectivity index (χ3v) is 2.86. The average Bonchev–Trinajstić information content (AvgIpc) is 2.40. The molecule has 1 rings (SSSR count). The second-order valence-corrected chi connectivity index (χ2v) is 5.04. The molecule has 1 atom stereocenters. The van der Waals surface area contributed by atoms with E-state index in [9.17, 15) is 14.0 Å². The van der Waals surface area contributed by atoms with Crippen molar-refractivity contribution in [3.8, 4) is 5.75 Å². The highest BCUT2D eigenvalue weighted by molar-refractivity contribution is 5.83. The van der Waals surface area contributed by atoms with Crippen LogP contribution in [0.15, 0.2) is 24.3 Å². The Labute approximate surface area is 123 Å². The van der Waals surface area contributed by atoms with Gasteiger partial charge < -0.3 is 15.2 Å². The first-order valence-electron chi connectivity index (χ1n) is 6.80. The lowest BCUT2D eigenvalue weighted by Crippen LogP contribution is -2.44. The Morgan fingerprint density at radius 3 is 2.67 bits per heavy atom. The smallest absolute Gasteiger partial charge is 0.326 e. The Bertz CT molecular complexity index is 490. The minimum absolute atomic E-state index is 0.159. The molecule has 6 heteroatoms. The van der Waals surface area contributed by atoms with Gasteiger partial charge in [0.2, 0.25) is 5.91 Å². The molecule has 0 aliphatic heterocycles. The Balaban J connectivity index is 2.29. The number of ether oxygens (including phenoxy) is 1. The van der Waals surface area contributed by atoms with Crippen LogP contribution in [0.5, 0.6) is 5.75 Å². The lowest BCUT2D eigenvalue weighted by Gasteiger charge is -2.17. The maximum atomic E-state index is 12.9. The molecule has 0 aromatic heterocycles. The van der Waals surface area contributed by atoms with Crippen molar-refractivity contribution in [1.29, 1.82) is 0 Å². The van der Waals surface area contributed by atoms with Gasteiger partial charge in [0, 0.05) is 12.5 Å². The van der Waals surface area contributed by atoms with Gasteiger partial charge in [-0.1, -0.05) is 19.9 Å². The van der Waals surface area contributed by atoms with E-state index in [0.717, 1.165) is 0 Å². The number of carbonyl (C=O) groups is 2. The molecule has 0 bridgehead atoms. The zero-order chi connectivity index (χ0) is 15.8. The van der Waals surface area contributed by atoms with Crippen molar-refractivity contribution in [1.82, 2.24) is 5.32 Å². The van der Waals surface area contributed by atoms with E-state index >= 15 is 0 Å². The van der Waals surface area contributed by atoms with Crippen LogP contribution in [0.4, 0.5) is 4.39 Å². The molecule has 0 fully saturated rings. The second-order valence-electron chi connectivity index (χ2n) is 5.04. The molecule has 1 aromatic rings. The summed E-state index contributed by atoms with van der Waals surface area (Å²) in [6, 6.07) is 4.86. The van der Waals surface area contributed by atoms with E-state index in [1.54, 1.807) is 19.9 Å². The molecule has 5 nitrogen and oxygen atoms in total. The van der Waals surface area contributed by atoms with Crippen LogP contribution in [-0.2, 0) is 9.59 Å². The lowest BCUT2D eigenvalue weighted by molar-refractivity contribution is -0.143. The lowest BCUT2D eigenvalue weighted by atomic mass is 10.0. The van der Waals surface area contributed by atoms with Crippen molar-refractivity contribution in [2.45, 2.75) is 32.7 Å². The van der Waals surface area contributed by atoms with Gasteiger partial charge in [-0.15, -0.1) is 0 Å². The van der Waals surface area contributed by atoms with E-state index in [1.807, 2.05) is 0 Å². The van der Waals surface area contributed by atoms with Crippen molar-refractivity contribution in [3.05, 3.63) is 30.1 Å². The van der Waals surface area contributed by atoms with Crippen molar-refractivity contribution in [2.24, 2.45) is 5.92 Å². The third kappa shape index (κ3) is 6.25. The SMILES string of the molecule is CC(C)[C@H](NC(=O)CCCOc1cccc(F)c1)C(=O)O. The van der Waals surface area contributed by atoms with Gasteiger partial charge in [0.1, 0.15) is 17.6 Å². The maximum absolute atomic E-state index is 12.9. The molecular weight excluding hydrogens is 277 g/mol. The van der Waals surface area contributed by atoms with Gasteiger partial charge in [0.05, 0.1) is 6.61 Å². The fourth-order valence-electron chi connectivity index (χ4n) is 1.74. The predicted molar refractivity (Wildman–Crippen MR) is 75.5 cm³/mol. The number of hydrogen-bond acceptors (Lipinski definition) is 3. The van der Waals surface area contributed by atoms with Gasteiger partial charge in [-0.2, -0.15) is 0 Å². The summed E-state index contributed by atoms with van der Waals surface area (Å²) in [5, 5.41) is 11.4. The standard InChI is InChI=1S/C15H20FNO4/c1-10(2)14(15(19)20)17-13(18)7-4-8-21-12-6-3-5-11(16)9-12/h3,5-6,9-10,14H,4,7-8H2,1-2H3,(H,17,18)(H,19,20)/t14-/m0/s1. The van der Waals surface area contributed by atoms with Crippen LogP contribution >= 0.6 is 0 Å². The number of hydrogen-bond donors (Lipinski definition) is 2. The number of carboxylic acids is 1. The molecule has 0 aliphatic carbocycles. The summed E-state index contributed by atoms with van der Waals surface area (Å²) in [4.78, 5) is 22.6. The number of halogens is 1. The van der Waals surface area contributed by atoms with E-state index < -0.39 is 12.0 Å². The van der Waals surface area contributed by atoms with Gasteiger partial charge in [0.25, 0.3) is 0 Å². The second kappa shape index (κ2) is 8.24. The fourth-order valence-corrected chi connectivity index (χ4v) is 1.74. The van der Waals surface area contributed by atoms with E-state index in [1.165, 1.54) is 18.2 Å². The highest BCUT2D eigenvalue weighted by Gasteiger charge is 2.22. The molecule has 0 unspecified atom stereocenters. The minimum Gasteiger partial charge on any atom is -0.493 e. The normalized spacial score (nSPS) is 12.0. The van der Waals surface area contributed by atoms with Crippen LogP contribution in [0.25, 0.3) is 0 Å². The van der Waals surface area contributed by atoms with Gasteiger partial charge in [-0.05, 0) is 24.5 Å². The Kier molecular flexibility index (Phi) is 6.65. The van der Waals surface area contributed by atoms with E-state index in [-0.39, 0.29) is 30.7 Å². The average molecular weight is 297 g/mol. The summed E-state index contributed by atoms with van der Waals surface area (Å²) < 4.78 is 18.2. The molecule has 0 saturated heterocycles. The van der Waals surface area contributed by atoms with Crippen molar-refractivity contribution in [3.63, 3.8) is 0 Å². The van der Waals surface area contributed by atoms with Crippen molar-refractivity contribution < 1.29 is 23.8 Å². The predicted octanol–water partition coefficient (Wildman–Crippen LogP) is 2.21. The van der Waals surface area contributed by atoms with E-state index in [2.05, 4.69) is 5.32 Å². The summed E-state index contributed by atoms with van der Waals surface area (Å²) in [5.41, 5.74) is 0. The molecule has 2 N–H and O–H groups in total. The zero-order valence-electron chi connectivity index (χ0n) is 12.1. The first-order chi connectivity index (χ1) is 9.90. The van der Waals surface area contributed by atoms with Crippen LogP contribution in [-0.4, -0.2) is 29.6 Å². The van der Waals surface area contributed by atoms with Crippen LogP contribution in [0.2, 0.25) is 0 Å². The number of carboxylic acid groups (broad SMARTS) is 1. The van der Waals surface area contributed by atoms with Crippen LogP contribution in [0, 0.1) is 11.7 Å². The number of amides is 1. The number of carbonyl (C=O) groups excluding carboxylic acids is 1. The van der Waals surface area contributed by atoms with E-state index in [0.29, 0.717) is 12.2 Å². The molecule has 0 radical (unpaired) electrons. The molecule has 1 aromatic carbocycles. The number of aliphatic carboxylic acids is 1. The summed E-state index contributed by atoms with van der Waals surface area (Å²) in [5.74, 6) is -1.55. The maximum Gasteiger partial charge on any atom is 0.326 e. The Morgan fingerprint density at radius 1 is 1.38 bits per heavy atom. The monoisotopic (exact) mass is 297 g/mol. The fraction of sp³-hybridized carbons (Fsp3) is 0.467. The molecule has 116 valence electrons. The number of rotatable bonds is 8. The highest BCUT2D eigenvalue weighted by atomic mass is 19.1. The van der Waals surface area contributed by atoms with Crippen molar-refractivity contribution >= 4 is 11.9 Å². The van der Waals surface area contributed by atoms with Crippen LogP contribution in [0.3, 0.4) is 0 Å².